The normalized spacial score (nSPS) is 21.0. The van der Waals surface area contributed by atoms with E-state index in [9.17, 15) is 43.8 Å². The minimum Gasteiger partial charge on any atom is -0.481 e. The number of aliphatic hydroxyl groups is 2. The molecule has 9 N–H and O–H groups in total. The number of fused-ring (bicyclic) bond motifs is 18. The highest BCUT2D eigenvalue weighted by molar-refractivity contribution is 7.09. The number of hydrogen-bond acceptors (Lipinski definition) is 10. The molecule has 7 rings (SSSR count). The molecule has 0 aliphatic carbocycles. The largest absolute Gasteiger partial charge is 0.481 e. The maximum atomic E-state index is 14.6. The summed E-state index contributed by atoms with van der Waals surface area (Å²) in [5.74, 6) is -6.30. The smallest absolute Gasteiger partial charge is 0.303 e. The van der Waals surface area contributed by atoms with Gasteiger partial charge in [0.15, 0.2) is 12.2 Å². The Labute approximate surface area is 385 Å². The second-order valence-electron chi connectivity index (χ2n) is 15.9. The van der Waals surface area contributed by atoms with Crippen LogP contribution >= 0.6 is 11.3 Å². The third-order valence-corrected chi connectivity index (χ3v) is 11.8. The van der Waals surface area contributed by atoms with E-state index < -0.39 is 77.8 Å². The number of carboxylic acid groups (broad SMARTS) is 1. The number of carbonyl (C=O) groups is 7. The topological polar surface area (TPSA) is 252 Å². The van der Waals surface area contributed by atoms with E-state index in [2.05, 4.69) is 31.9 Å². The number of rotatable bonds is 13. The molecule has 0 saturated heterocycles. The van der Waals surface area contributed by atoms with Crippen LogP contribution in [0.1, 0.15) is 40.8 Å². The van der Waals surface area contributed by atoms with E-state index in [0.29, 0.717) is 22.4 Å². The second-order valence-corrected chi connectivity index (χ2v) is 16.9. The predicted molar refractivity (Wildman–Crippen MR) is 247 cm³/mol. The Kier molecular flexibility index (Phi) is 17.3. The van der Waals surface area contributed by atoms with E-state index in [1.54, 1.807) is 41.8 Å². The molecule has 0 saturated carbocycles. The van der Waals surface area contributed by atoms with Crippen molar-refractivity contribution in [1.29, 1.82) is 0 Å². The number of nitrogens with one attached hydrogen (secondary N) is 6. The Morgan fingerprint density at radius 2 is 1.20 bits per heavy atom. The minimum atomic E-state index is -2.31. The third-order valence-electron chi connectivity index (χ3n) is 10.9. The van der Waals surface area contributed by atoms with Gasteiger partial charge in [0, 0.05) is 42.8 Å². The van der Waals surface area contributed by atoms with Gasteiger partial charge in [-0.2, -0.15) is 0 Å². The molecule has 16 nitrogen and oxygen atoms in total. The Bertz CT molecular complexity index is 2440. The lowest BCUT2D eigenvalue weighted by molar-refractivity contribution is -0.144. The quantitative estimate of drug-likeness (QED) is 0.0617. The molecular weight excluding hydrogens is 865 g/mol. The molecule has 4 aromatic carbocycles. The number of benzene rings is 4. The maximum Gasteiger partial charge on any atom is 0.303 e. The SMILES string of the molecule is O=C(O)CCCNC(=O)[C@@H]1Cc2ccc(cc2)NC(=O)[C@H](O)[C@@H](O)C(=O)N[C@H](Cc2cccs2)C(=O)N[C@@H](Cc2ccc(-c3ccccc3)cc2)C(=O)N[C@H](CCc2ccccc2)C(=O)N1. The van der Waals surface area contributed by atoms with Gasteiger partial charge < -0.3 is 47.2 Å². The highest BCUT2D eigenvalue weighted by atomic mass is 32.1. The van der Waals surface area contributed by atoms with Crippen LogP contribution < -0.4 is 31.9 Å². The van der Waals surface area contributed by atoms with Crippen LogP contribution in [-0.4, -0.2) is 99.7 Å². The van der Waals surface area contributed by atoms with Crippen LogP contribution in [0.4, 0.5) is 5.69 Å². The molecule has 2 aliphatic heterocycles. The number of carbonyl (C=O) groups excluding carboxylic acids is 6. The monoisotopic (exact) mass is 916 g/mol. The van der Waals surface area contributed by atoms with Crippen LogP contribution in [0.25, 0.3) is 11.1 Å². The second kappa shape index (κ2) is 23.6. The number of aliphatic hydroxyl groups excluding tert-OH is 2. The van der Waals surface area contributed by atoms with Crippen molar-refractivity contribution in [2.24, 2.45) is 0 Å². The average molecular weight is 917 g/mol. The Hall–Kier alpha value is -7.21. The number of thiophene rings is 1. The van der Waals surface area contributed by atoms with Crippen LogP contribution in [0.5, 0.6) is 0 Å². The van der Waals surface area contributed by atoms with Crippen LogP contribution in [0, 0.1) is 0 Å². The standard InChI is InChI=1S/C49H52N6O10S/c56-41(57)14-7-25-50-44(60)38-27-32-17-22-35(23-18-32)51-48(64)42(58)43(59)49(65)55-40(29-36-13-8-26-66-36)47(63)54-39(28-31-15-20-34(21-16-31)33-11-5-2-6-12-33)46(62)52-37(45(61)53-38)24-19-30-9-3-1-4-10-30/h1-6,8-13,15-18,20-23,26,37-40,42-43,58-59H,7,14,19,24-25,27-29H2,(H,50,60)(H,51,64)(H,52,62)(H,53,61)(H,54,63)(H,55,65)(H,56,57)/t37-,38+,39+,40-,42-,43-/m1/s1. The van der Waals surface area contributed by atoms with Crippen molar-refractivity contribution in [2.45, 2.75) is 81.3 Å². The van der Waals surface area contributed by atoms with Crippen molar-refractivity contribution >= 4 is 58.4 Å². The van der Waals surface area contributed by atoms with Crippen molar-refractivity contribution in [1.82, 2.24) is 26.6 Å². The molecule has 17 heteroatoms. The van der Waals surface area contributed by atoms with Crippen molar-refractivity contribution in [3.05, 3.63) is 148 Å². The Morgan fingerprint density at radius 1 is 0.606 bits per heavy atom. The third kappa shape index (κ3) is 14.1. The molecule has 5 aromatic rings. The minimum absolute atomic E-state index is 0.00334. The summed E-state index contributed by atoms with van der Waals surface area (Å²) in [7, 11) is 0. The number of aryl methyl sites for hydroxylation is 1. The first-order valence-corrected chi connectivity index (χ1v) is 22.4. The summed E-state index contributed by atoms with van der Waals surface area (Å²) < 4.78 is 0. The summed E-state index contributed by atoms with van der Waals surface area (Å²) >= 11 is 1.29. The fraction of sp³-hybridized carbons (Fsp3) is 0.286. The molecule has 6 atom stereocenters. The van der Waals surface area contributed by atoms with Gasteiger partial charge in [0.25, 0.3) is 11.8 Å². The number of amides is 6. The van der Waals surface area contributed by atoms with E-state index in [0.717, 1.165) is 16.7 Å². The average Bonchev–Trinajstić information content (AvgIpc) is 3.84. The van der Waals surface area contributed by atoms with Crippen LogP contribution in [0.15, 0.2) is 127 Å². The fourth-order valence-corrected chi connectivity index (χ4v) is 8.05. The van der Waals surface area contributed by atoms with Gasteiger partial charge in [0.1, 0.15) is 24.2 Å². The van der Waals surface area contributed by atoms with Gasteiger partial charge in [-0.05, 0) is 70.7 Å². The first-order chi connectivity index (χ1) is 31.8. The van der Waals surface area contributed by atoms with Crippen molar-refractivity contribution in [2.75, 3.05) is 11.9 Å². The number of carboxylic acids is 1. The van der Waals surface area contributed by atoms with E-state index in [4.69, 9.17) is 5.11 Å². The zero-order chi connectivity index (χ0) is 47.0. The lowest BCUT2D eigenvalue weighted by Crippen LogP contribution is -2.60. The van der Waals surface area contributed by atoms with E-state index >= 15 is 0 Å². The lowest BCUT2D eigenvalue weighted by Gasteiger charge is -2.27. The molecule has 0 spiro atoms. The lowest BCUT2D eigenvalue weighted by atomic mass is 9.99. The molecule has 2 aliphatic rings. The van der Waals surface area contributed by atoms with Crippen LogP contribution in [-0.2, 0) is 59.2 Å². The van der Waals surface area contributed by atoms with E-state index in [1.807, 2.05) is 72.8 Å². The van der Waals surface area contributed by atoms with Crippen molar-refractivity contribution < 1.29 is 48.9 Å². The fourth-order valence-electron chi connectivity index (χ4n) is 7.29. The van der Waals surface area contributed by atoms with Gasteiger partial charge in [0.2, 0.25) is 23.6 Å². The van der Waals surface area contributed by atoms with E-state index in [1.165, 1.54) is 23.5 Å². The first-order valence-electron chi connectivity index (χ1n) is 21.5. The Morgan fingerprint density at radius 3 is 1.85 bits per heavy atom. The van der Waals surface area contributed by atoms with E-state index in [-0.39, 0.29) is 50.8 Å². The molecule has 66 heavy (non-hydrogen) atoms. The Balaban J connectivity index is 1.37. The van der Waals surface area contributed by atoms with Crippen LogP contribution in [0.3, 0.4) is 0 Å². The van der Waals surface area contributed by atoms with Crippen LogP contribution in [0.2, 0.25) is 0 Å². The summed E-state index contributed by atoms with van der Waals surface area (Å²) in [6.07, 6.45) is -4.46. The maximum absolute atomic E-state index is 14.6. The molecule has 1 aromatic heterocycles. The summed E-state index contributed by atoms with van der Waals surface area (Å²) in [6.45, 7) is 0.00334. The summed E-state index contributed by atoms with van der Waals surface area (Å²) in [5, 5.41) is 48.6. The van der Waals surface area contributed by atoms with Gasteiger partial charge in [-0.1, -0.05) is 103 Å². The zero-order valence-electron chi connectivity index (χ0n) is 35.9. The summed E-state index contributed by atoms with van der Waals surface area (Å²) in [6, 6.07) is 30.5. The molecule has 3 heterocycles. The zero-order valence-corrected chi connectivity index (χ0v) is 36.7. The molecule has 0 radical (unpaired) electrons. The molecular formula is C49H52N6O10S. The highest BCUT2D eigenvalue weighted by Crippen LogP contribution is 2.21. The van der Waals surface area contributed by atoms with Crippen molar-refractivity contribution in [3.8, 4) is 11.1 Å². The molecule has 344 valence electrons. The number of anilines is 1. The molecule has 2 bridgehead atoms. The van der Waals surface area contributed by atoms with Gasteiger partial charge in [0.05, 0.1) is 0 Å². The summed E-state index contributed by atoms with van der Waals surface area (Å²) in [4.78, 5) is 95.5. The van der Waals surface area contributed by atoms with Gasteiger partial charge in [-0.25, -0.2) is 0 Å². The molecule has 0 fully saturated rings. The summed E-state index contributed by atoms with van der Waals surface area (Å²) in [5.41, 5.74) is 4.06. The predicted octanol–water partition coefficient (Wildman–Crippen LogP) is 2.67. The van der Waals surface area contributed by atoms with Gasteiger partial charge in [-0.3, -0.25) is 33.6 Å². The van der Waals surface area contributed by atoms with Crippen molar-refractivity contribution in [3.63, 3.8) is 0 Å². The molecule has 6 amide bonds. The van der Waals surface area contributed by atoms with Gasteiger partial charge >= 0.3 is 5.97 Å². The highest BCUT2D eigenvalue weighted by Gasteiger charge is 2.36. The number of hydrogen-bond donors (Lipinski definition) is 9. The first kappa shape index (κ1) is 48.3. The molecule has 0 unspecified atom stereocenters. The van der Waals surface area contributed by atoms with Gasteiger partial charge in [-0.15, -0.1) is 11.3 Å². The number of aliphatic carboxylic acids is 1.